The van der Waals surface area contributed by atoms with Crippen LogP contribution in [0.25, 0.3) is 0 Å². The van der Waals surface area contributed by atoms with Gasteiger partial charge in [0.1, 0.15) is 0 Å². The van der Waals surface area contributed by atoms with Crippen LogP contribution in [-0.2, 0) is 11.2 Å². The molecule has 2 aromatic carbocycles. The van der Waals surface area contributed by atoms with Crippen LogP contribution in [-0.4, -0.2) is 38.4 Å². The van der Waals surface area contributed by atoms with Crippen molar-refractivity contribution in [2.75, 3.05) is 20.3 Å². The van der Waals surface area contributed by atoms with E-state index in [0.29, 0.717) is 23.6 Å². The zero-order valence-electron chi connectivity index (χ0n) is 15.0. The molecule has 0 bridgehead atoms. The van der Waals surface area contributed by atoms with Crippen LogP contribution in [0.1, 0.15) is 11.1 Å². The van der Waals surface area contributed by atoms with Gasteiger partial charge in [0.2, 0.25) is 0 Å². The Balaban J connectivity index is 1.82. The number of hydrogen-bond donors (Lipinski definition) is 3. The van der Waals surface area contributed by atoms with Gasteiger partial charge < -0.3 is 20.5 Å². The normalized spacial score (nSPS) is 10.4. The molecule has 0 heterocycles. The standard InChI is InChI=1S/C19H22N4O4/c1-26-17-11-15(12-22-23-19(20)25)7-8-16(17)27-13-18(24)21-10-9-14-5-3-2-4-6-14/h2-8,11-12H,9-10,13H2,1H3,(H,21,24)(H3,20,23,25). The van der Waals surface area contributed by atoms with Crippen molar-refractivity contribution in [2.24, 2.45) is 10.8 Å². The summed E-state index contributed by atoms with van der Waals surface area (Å²) in [4.78, 5) is 22.5. The monoisotopic (exact) mass is 370 g/mol. The average molecular weight is 370 g/mol. The Kier molecular flexibility index (Phi) is 7.65. The number of hydrazone groups is 1. The molecule has 0 saturated carbocycles. The number of ether oxygens (including phenoxy) is 2. The van der Waals surface area contributed by atoms with Crippen LogP contribution in [0.4, 0.5) is 4.79 Å². The van der Waals surface area contributed by atoms with Crippen LogP contribution in [0.2, 0.25) is 0 Å². The van der Waals surface area contributed by atoms with Gasteiger partial charge in [-0.15, -0.1) is 0 Å². The largest absolute Gasteiger partial charge is 0.493 e. The fourth-order valence-corrected chi connectivity index (χ4v) is 2.24. The number of methoxy groups -OCH3 is 1. The summed E-state index contributed by atoms with van der Waals surface area (Å²) in [7, 11) is 1.49. The second kappa shape index (κ2) is 10.4. The topological polar surface area (TPSA) is 115 Å². The zero-order valence-corrected chi connectivity index (χ0v) is 15.0. The smallest absolute Gasteiger partial charge is 0.332 e. The SMILES string of the molecule is COc1cc(C=NNC(N)=O)ccc1OCC(=O)NCCc1ccccc1. The molecule has 0 atom stereocenters. The van der Waals surface area contributed by atoms with Crippen LogP contribution in [0.15, 0.2) is 53.6 Å². The van der Waals surface area contributed by atoms with E-state index in [1.54, 1.807) is 18.2 Å². The highest BCUT2D eigenvalue weighted by molar-refractivity contribution is 5.82. The molecule has 2 aromatic rings. The molecular weight excluding hydrogens is 348 g/mol. The third-order valence-corrected chi connectivity index (χ3v) is 3.51. The first-order chi connectivity index (χ1) is 13.1. The van der Waals surface area contributed by atoms with E-state index < -0.39 is 6.03 Å². The van der Waals surface area contributed by atoms with Gasteiger partial charge in [0.15, 0.2) is 18.1 Å². The molecule has 0 fully saturated rings. The number of carbonyl (C=O) groups is 2. The lowest BCUT2D eigenvalue weighted by Gasteiger charge is -2.11. The Hall–Kier alpha value is -3.55. The summed E-state index contributed by atoms with van der Waals surface area (Å²) in [5, 5.41) is 6.48. The maximum Gasteiger partial charge on any atom is 0.332 e. The summed E-state index contributed by atoms with van der Waals surface area (Å²) in [6.07, 6.45) is 2.16. The van der Waals surface area contributed by atoms with Crippen molar-refractivity contribution >= 4 is 18.2 Å². The highest BCUT2D eigenvalue weighted by Gasteiger charge is 2.08. The summed E-state index contributed by atoms with van der Waals surface area (Å²) in [5.41, 5.74) is 8.85. The van der Waals surface area contributed by atoms with E-state index in [0.717, 1.165) is 12.0 Å². The Morgan fingerprint density at radius 1 is 1.15 bits per heavy atom. The van der Waals surface area contributed by atoms with E-state index >= 15 is 0 Å². The minimum Gasteiger partial charge on any atom is -0.493 e. The lowest BCUT2D eigenvalue weighted by molar-refractivity contribution is -0.123. The van der Waals surface area contributed by atoms with Gasteiger partial charge in [0.05, 0.1) is 13.3 Å². The first kappa shape index (κ1) is 19.8. The van der Waals surface area contributed by atoms with Crippen LogP contribution in [0.3, 0.4) is 0 Å². The molecule has 0 radical (unpaired) electrons. The van der Waals surface area contributed by atoms with Gasteiger partial charge in [-0.25, -0.2) is 10.2 Å². The molecule has 0 aliphatic carbocycles. The molecule has 0 spiro atoms. The average Bonchev–Trinajstić information content (AvgIpc) is 2.67. The van der Waals surface area contributed by atoms with Crippen molar-refractivity contribution in [2.45, 2.75) is 6.42 Å². The molecular formula is C19H22N4O4. The Labute approximate surface area is 157 Å². The first-order valence-electron chi connectivity index (χ1n) is 8.28. The molecule has 0 aliphatic rings. The van der Waals surface area contributed by atoms with E-state index in [2.05, 4.69) is 15.8 Å². The van der Waals surface area contributed by atoms with Crippen LogP contribution in [0.5, 0.6) is 11.5 Å². The quantitative estimate of drug-likeness (QED) is 0.457. The summed E-state index contributed by atoms with van der Waals surface area (Å²) >= 11 is 0. The number of nitrogens with zero attached hydrogens (tertiary/aromatic N) is 1. The van der Waals surface area contributed by atoms with Crippen molar-refractivity contribution in [3.05, 3.63) is 59.7 Å². The lowest BCUT2D eigenvalue weighted by atomic mass is 10.1. The molecule has 0 unspecified atom stereocenters. The molecule has 4 N–H and O–H groups in total. The van der Waals surface area contributed by atoms with Crippen molar-refractivity contribution < 1.29 is 19.1 Å². The fourth-order valence-electron chi connectivity index (χ4n) is 2.24. The van der Waals surface area contributed by atoms with Gasteiger partial charge in [-0.05, 0) is 35.7 Å². The number of carbonyl (C=O) groups excluding carboxylic acids is 2. The number of hydrogen-bond acceptors (Lipinski definition) is 5. The van der Waals surface area contributed by atoms with E-state index in [4.69, 9.17) is 15.2 Å². The Morgan fingerprint density at radius 3 is 2.63 bits per heavy atom. The number of amides is 3. The third kappa shape index (κ3) is 7.07. The first-order valence-corrected chi connectivity index (χ1v) is 8.28. The Bertz CT molecular complexity index is 794. The second-order valence-electron chi connectivity index (χ2n) is 5.52. The summed E-state index contributed by atoms with van der Waals surface area (Å²) in [6.45, 7) is 0.410. The lowest BCUT2D eigenvalue weighted by Crippen LogP contribution is -2.30. The van der Waals surface area contributed by atoms with Gasteiger partial charge >= 0.3 is 6.03 Å². The number of rotatable bonds is 9. The minimum absolute atomic E-state index is 0.123. The number of nitrogens with two attached hydrogens (primary N) is 1. The number of nitrogens with one attached hydrogen (secondary N) is 2. The molecule has 27 heavy (non-hydrogen) atoms. The van der Waals surface area contributed by atoms with Crippen molar-refractivity contribution in [1.82, 2.24) is 10.7 Å². The van der Waals surface area contributed by atoms with Gasteiger partial charge in [-0.3, -0.25) is 4.79 Å². The molecule has 142 valence electrons. The molecule has 2 rings (SSSR count). The van der Waals surface area contributed by atoms with Crippen molar-refractivity contribution in [1.29, 1.82) is 0 Å². The number of primary amides is 1. The molecule has 8 nitrogen and oxygen atoms in total. The maximum atomic E-state index is 11.9. The summed E-state index contributed by atoms with van der Waals surface area (Å²) in [6, 6.07) is 14.2. The maximum absolute atomic E-state index is 11.9. The predicted molar refractivity (Wildman–Crippen MR) is 102 cm³/mol. The van der Waals surface area contributed by atoms with Gasteiger partial charge in [-0.1, -0.05) is 30.3 Å². The van der Waals surface area contributed by atoms with Crippen LogP contribution >= 0.6 is 0 Å². The van der Waals surface area contributed by atoms with E-state index in [1.165, 1.54) is 13.3 Å². The number of urea groups is 1. The van der Waals surface area contributed by atoms with Gasteiger partial charge in [-0.2, -0.15) is 5.10 Å². The molecule has 0 saturated heterocycles. The van der Waals surface area contributed by atoms with Crippen molar-refractivity contribution in [3.63, 3.8) is 0 Å². The summed E-state index contributed by atoms with van der Waals surface area (Å²) in [5.74, 6) is 0.648. The van der Waals surface area contributed by atoms with Crippen molar-refractivity contribution in [3.8, 4) is 11.5 Å². The van der Waals surface area contributed by atoms with Crippen LogP contribution in [0, 0.1) is 0 Å². The zero-order chi connectivity index (χ0) is 19.5. The highest BCUT2D eigenvalue weighted by atomic mass is 16.5. The molecule has 3 amide bonds. The van der Waals surface area contributed by atoms with Gasteiger partial charge in [0, 0.05) is 6.54 Å². The Morgan fingerprint density at radius 2 is 1.93 bits per heavy atom. The predicted octanol–water partition coefficient (Wildman–Crippen LogP) is 1.44. The highest BCUT2D eigenvalue weighted by Crippen LogP contribution is 2.27. The molecule has 0 aliphatic heterocycles. The minimum atomic E-state index is -0.753. The number of benzene rings is 2. The van der Waals surface area contributed by atoms with E-state index in [1.807, 2.05) is 30.3 Å². The van der Waals surface area contributed by atoms with Crippen LogP contribution < -0.4 is 25.9 Å². The summed E-state index contributed by atoms with van der Waals surface area (Å²) < 4.78 is 10.8. The van der Waals surface area contributed by atoms with Gasteiger partial charge in [0.25, 0.3) is 5.91 Å². The van der Waals surface area contributed by atoms with E-state index in [9.17, 15) is 9.59 Å². The second-order valence-corrected chi connectivity index (χ2v) is 5.52. The fraction of sp³-hybridized carbons (Fsp3) is 0.211. The molecule has 0 aromatic heterocycles. The molecule has 8 heteroatoms. The third-order valence-electron chi connectivity index (χ3n) is 3.51. The van der Waals surface area contributed by atoms with E-state index in [-0.39, 0.29) is 12.5 Å².